The van der Waals surface area contributed by atoms with E-state index in [9.17, 15) is 4.79 Å². The van der Waals surface area contributed by atoms with E-state index in [0.717, 1.165) is 37.6 Å². The van der Waals surface area contributed by atoms with Crippen molar-refractivity contribution in [3.8, 4) is 0 Å². The number of urea groups is 1. The molecule has 1 aromatic rings. The van der Waals surface area contributed by atoms with Gasteiger partial charge in [-0.25, -0.2) is 4.79 Å². The molecule has 0 aromatic carbocycles. The third kappa shape index (κ3) is 5.04. The zero-order valence-corrected chi connectivity index (χ0v) is 13.2. The van der Waals surface area contributed by atoms with E-state index in [4.69, 9.17) is 4.74 Å². The van der Waals surface area contributed by atoms with Crippen LogP contribution in [-0.4, -0.2) is 42.1 Å². The minimum Gasteiger partial charge on any atom is -0.381 e. The number of hydrogen-bond acceptors (Lipinski definition) is 3. The molecular formula is C15H26N4O2. The van der Waals surface area contributed by atoms with Crippen molar-refractivity contribution in [2.75, 3.05) is 26.3 Å². The Balaban J connectivity index is 1.64. The largest absolute Gasteiger partial charge is 0.381 e. The van der Waals surface area contributed by atoms with Gasteiger partial charge in [-0.1, -0.05) is 6.92 Å². The van der Waals surface area contributed by atoms with Crippen LogP contribution in [0.1, 0.15) is 24.7 Å². The fourth-order valence-electron chi connectivity index (χ4n) is 2.53. The Morgan fingerprint density at radius 3 is 2.95 bits per heavy atom. The van der Waals surface area contributed by atoms with Gasteiger partial charge >= 0.3 is 6.03 Å². The van der Waals surface area contributed by atoms with Crippen LogP contribution in [0.5, 0.6) is 0 Å². The van der Waals surface area contributed by atoms with Crippen molar-refractivity contribution < 1.29 is 9.53 Å². The van der Waals surface area contributed by atoms with E-state index in [1.165, 1.54) is 0 Å². The molecule has 0 radical (unpaired) electrons. The van der Waals surface area contributed by atoms with E-state index in [1.54, 1.807) is 0 Å². The molecule has 0 aliphatic carbocycles. The van der Waals surface area contributed by atoms with Crippen molar-refractivity contribution in [3.05, 3.63) is 17.5 Å². The van der Waals surface area contributed by atoms with Gasteiger partial charge in [0.1, 0.15) is 0 Å². The summed E-state index contributed by atoms with van der Waals surface area (Å²) in [7, 11) is 0. The number of nitrogens with zero attached hydrogens (tertiary/aromatic N) is 2. The molecule has 0 spiro atoms. The molecule has 0 saturated carbocycles. The maximum atomic E-state index is 11.7. The molecule has 1 aliphatic heterocycles. The molecule has 2 rings (SSSR count). The summed E-state index contributed by atoms with van der Waals surface area (Å²) in [4.78, 5) is 11.7. The average Bonchev–Trinajstić information content (AvgIpc) is 3.04. The molecule has 118 valence electrons. The predicted octanol–water partition coefficient (Wildman–Crippen LogP) is 1.47. The van der Waals surface area contributed by atoms with E-state index >= 15 is 0 Å². The van der Waals surface area contributed by atoms with Crippen molar-refractivity contribution in [3.63, 3.8) is 0 Å². The topological polar surface area (TPSA) is 68.2 Å². The van der Waals surface area contributed by atoms with Crippen molar-refractivity contribution in [2.24, 2.45) is 11.8 Å². The summed E-state index contributed by atoms with van der Waals surface area (Å²) >= 11 is 0. The summed E-state index contributed by atoms with van der Waals surface area (Å²) in [6.07, 6.45) is 1.04. The standard InChI is InChI=1S/C15H26N4O2/c1-11(9-19-13(3)6-12(2)18-19)7-16-15(20)17-8-14-4-5-21-10-14/h6,11,14H,4-5,7-10H2,1-3H3,(H2,16,17,20)/t11-,14-/m0/s1. The second-order valence-electron chi connectivity index (χ2n) is 6.03. The average molecular weight is 294 g/mol. The third-order valence-electron chi connectivity index (χ3n) is 3.77. The van der Waals surface area contributed by atoms with Gasteiger partial charge in [0.15, 0.2) is 0 Å². The predicted molar refractivity (Wildman–Crippen MR) is 81.2 cm³/mol. The van der Waals surface area contributed by atoms with E-state index in [2.05, 4.69) is 35.6 Å². The van der Waals surface area contributed by atoms with E-state index in [1.807, 2.05) is 11.6 Å². The zero-order chi connectivity index (χ0) is 15.2. The lowest BCUT2D eigenvalue weighted by atomic mass is 10.1. The number of amides is 2. The van der Waals surface area contributed by atoms with Crippen LogP contribution in [0.25, 0.3) is 0 Å². The van der Waals surface area contributed by atoms with Crippen molar-refractivity contribution in [2.45, 2.75) is 33.7 Å². The number of aryl methyl sites for hydroxylation is 2. The highest BCUT2D eigenvalue weighted by Crippen LogP contribution is 2.10. The molecule has 1 aliphatic rings. The Morgan fingerprint density at radius 1 is 1.52 bits per heavy atom. The number of carbonyl (C=O) groups is 1. The Bertz CT molecular complexity index is 466. The quantitative estimate of drug-likeness (QED) is 0.835. The first-order valence-electron chi connectivity index (χ1n) is 7.65. The highest BCUT2D eigenvalue weighted by atomic mass is 16.5. The van der Waals surface area contributed by atoms with Gasteiger partial charge in [0.2, 0.25) is 0 Å². The lowest BCUT2D eigenvalue weighted by molar-refractivity contribution is 0.185. The lowest BCUT2D eigenvalue weighted by Gasteiger charge is -2.15. The van der Waals surface area contributed by atoms with E-state index in [0.29, 0.717) is 24.9 Å². The van der Waals surface area contributed by atoms with Gasteiger partial charge in [-0.2, -0.15) is 5.10 Å². The van der Waals surface area contributed by atoms with E-state index < -0.39 is 0 Å². The van der Waals surface area contributed by atoms with Crippen LogP contribution in [0.15, 0.2) is 6.07 Å². The summed E-state index contributed by atoms with van der Waals surface area (Å²) in [6.45, 7) is 9.88. The molecule has 2 atom stereocenters. The molecule has 1 fully saturated rings. The van der Waals surface area contributed by atoms with Gasteiger partial charge in [-0.15, -0.1) is 0 Å². The zero-order valence-electron chi connectivity index (χ0n) is 13.2. The van der Waals surface area contributed by atoms with Crippen LogP contribution in [0.3, 0.4) is 0 Å². The fraction of sp³-hybridized carbons (Fsp3) is 0.733. The van der Waals surface area contributed by atoms with Gasteiger partial charge < -0.3 is 15.4 Å². The number of ether oxygens (including phenoxy) is 1. The number of rotatable bonds is 6. The van der Waals surface area contributed by atoms with Gasteiger partial charge in [0.25, 0.3) is 0 Å². The molecule has 2 amide bonds. The first-order chi connectivity index (χ1) is 10.0. The number of aromatic nitrogens is 2. The molecule has 1 saturated heterocycles. The Morgan fingerprint density at radius 2 is 2.33 bits per heavy atom. The van der Waals surface area contributed by atoms with Crippen molar-refractivity contribution >= 4 is 6.03 Å². The first-order valence-corrected chi connectivity index (χ1v) is 7.65. The highest BCUT2D eigenvalue weighted by Gasteiger charge is 2.16. The van der Waals surface area contributed by atoms with Crippen molar-refractivity contribution in [1.29, 1.82) is 0 Å². The second kappa shape index (κ2) is 7.45. The molecule has 0 unspecified atom stereocenters. The summed E-state index contributed by atoms with van der Waals surface area (Å²) < 4.78 is 7.28. The van der Waals surface area contributed by atoms with Crippen LogP contribution in [0.2, 0.25) is 0 Å². The van der Waals surface area contributed by atoms with Crippen molar-refractivity contribution in [1.82, 2.24) is 20.4 Å². The number of carbonyl (C=O) groups excluding carboxylic acids is 1. The second-order valence-corrected chi connectivity index (χ2v) is 6.03. The highest BCUT2D eigenvalue weighted by molar-refractivity contribution is 5.73. The van der Waals surface area contributed by atoms with Gasteiger partial charge in [-0.3, -0.25) is 4.68 Å². The Kier molecular flexibility index (Phi) is 5.61. The SMILES string of the molecule is Cc1cc(C)n(C[C@@H](C)CNC(=O)NC[C@@H]2CCOC2)n1. The fourth-order valence-corrected chi connectivity index (χ4v) is 2.53. The summed E-state index contributed by atoms with van der Waals surface area (Å²) in [5.74, 6) is 0.798. The number of hydrogen-bond donors (Lipinski definition) is 2. The van der Waals surface area contributed by atoms with E-state index in [-0.39, 0.29) is 6.03 Å². The van der Waals surface area contributed by atoms with Crippen LogP contribution in [0.4, 0.5) is 4.79 Å². The summed E-state index contributed by atoms with van der Waals surface area (Å²) in [6, 6.07) is 1.97. The normalized spacial score (nSPS) is 19.5. The first kappa shape index (κ1) is 15.8. The summed E-state index contributed by atoms with van der Waals surface area (Å²) in [5.41, 5.74) is 2.19. The molecule has 6 nitrogen and oxygen atoms in total. The number of nitrogens with one attached hydrogen (secondary N) is 2. The maximum Gasteiger partial charge on any atom is 0.314 e. The molecule has 6 heteroatoms. The monoisotopic (exact) mass is 294 g/mol. The third-order valence-corrected chi connectivity index (χ3v) is 3.77. The van der Waals surface area contributed by atoms with Crippen LogP contribution >= 0.6 is 0 Å². The summed E-state index contributed by atoms with van der Waals surface area (Å²) in [5, 5.41) is 10.3. The minimum atomic E-state index is -0.0953. The van der Waals surface area contributed by atoms with Gasteiger partial charge in [-0.05, 0) is 32.3 Å². The smallest absolute Gasteiger partial charge is 0.314 e. The minimum absolute atomic E-state index is 0.0953. The van der Waals surface area contributed by atoms with Gasteiger partial charge in [0.05, 0.1) is 12.3 Å². The molecule has 2 N–H and O–H groups in total. The van der Waals surface area contributed by atoms with Gasteiger partial charge in [0, 0.05) is 37.9 Å². The molecule has 2 heterocycles. The van der Waals surface area contributed by atoms with Crippen LogP contribution in [-0.2, 0) is 11.3 Å². The molecule has 21 heavy (non-hydrogen) atoms. The Labute approximate surface area is 126 Å². The maximum absolute atomic E-state index is 11.7. The molecule has 0 bridgehead atoms. The van der Waals surface area contributed by atoms with Crippen LogP contribution < -0.4 is 10.6 Å². The van der Waals surface area contributed by atoms with Crippen LogP contribution in [0, 0.1) is 25.7 Å². The molecular weight excluding hydrogens is 268 g/mol. The molecule has 1 aromatic heterocycles. The Hall–Kier alpha value is -1.56. The lowest BCUT2D eigenvalue weighted by Crippen LogP contribution is -2.40.